The molecule has 1 aromatic heterocycles. The van der Waals surface area contributed by atoms with Crippen molar-refractivity contribution in [1.29, 1.82) is 0 Å². The molecule has 2 aromatic rings. The first-order chi connectivity index (χ1) is 9.40. The number of ketones is 1. The lowest BCUT2D eigenvalue weighted by Gasteiger charge is -2.15. The van der Waals surface area contributed by atoms with Crippen LogP contribution in [0.4, 0.5) is 0 Å². The molecule has 106 valence electrons. The Morgan fingerprint density at radius 2 is 2.10 bits per heavy atom. The molecular formula is C14H18N4O2. The molecule has 0 atom stereocenters. The van der Waals surface area contributed by atoms with Crippen molar-refractivity contribution in [2.75, 3.05) is 7.11 Å². The van der Waals surface area contributed by atoms with E-state index in [0.29, 0.717) is 5.82 Å². The van der Waals surface area contributed by atoms with Crippen LogP contribution in [0.5, 0.6) is 5.75 Å². The minimum absolute atomic E-state index is 0.0621. The Hall–Kier alpha value is -2.24. The molecule has 0 saturated heterocycles. The van der Waals surface area contributed by atoms with Crippen LogP contribution in [-0.2, 0) is 11.3 Å². The molecule has 0 radical (unpaired) electrons. The van der Waals surface area contributed by atoms with Gasteiger partial charge in [-0.1, -0.05) is 32.9 Å². The van der Waals surface area contributed by atoms with E-state index >= 15 is 0 Å². The van der Waals surface area contributed by atoms with Crippen molar-refractivity contribution in [3.05, 3.63) is 24.3 Å². The van der Waals surface area contributed by atoms with Crippen molar-refractivity contribution in [2.24, 2.45) is 5.41 Å². The van der Waals surface area contributed by atoms with Crippen LogP contribution >= 0.6 is 0 Å². The van der Waals surface area contributed by atoms with Crippen molar-refractivity contribution in [3.8, 4) is 17.1 Å². The van der Waals surface area contributed by atoms with Gasteiger partial charge >= 0.3 is 0 Å². The maximum atomic E-state index is 11.9. The van der Waals surface area contributed by atoms with Gasteiger partial charge in [-0.3, -0.25) is 4.79 Å². The number of aromatic nitrogens is 4. The number of nitrogens with zero attached hydrogens (tertiary/aromatic N) is 4. The Balaban J connectivity index is 2.18. The summed E-state index contributed by atoms with van der Waals surface area (Å²) in [6.45, 7) is 5.74. The minimum atomic E-state index is -0.413. The number of carbonyl (C=O) groups is 1. The normalized spacial score (nSPS) is 11.4. The molecule has 0 spiro atoms. The third-order valence-corrected chi connectivity index (χ3v) is 2.90. The summed E-state index contributed by atoms with van der Waals surface area (Å²) in [5.74, 6) is 1.27. The number of rotatable bonds is 4. The van der Waals surface area contributed by atoms with E-state index in [1.807, 2.05) is 45.0 Å². The third kappa shape index (κ3) is 3.20. The smallest absolute Gasteiger partial charge is 0.205 e. The fraction of sp³-hybridized carbons (Fsp3) is 0.429. The van der Waals surface area contributed by atoms with Gasteiger partial charge in [-0.25, -0.2) is 0 Å². The van der Waals surface area contributed by atoms with E-state index in [1.54, 1.807) is 7.11 Å². The Morgan fingerprint density at radius 1 is 1.35 bits per heavy atom. The van der Waals surface area contributed by atoms with Crippen LogP contribution in [0.3, 0.4) is 0 Å². The van der Waals surface area contributed by atoms with E-state index in [-0.39, 0.29) is 12.3 Å². The van der Waals surface area contributed by atoms with E-state index in [9.17, 15) is 4.79 Å². The third-order valence-electron chi connectivity index (χ3n) is 2.90. The van der Waals surface area contributed by atoms with Gasteiger partial charge in [-0.2, -0.15) is 4.80 Å². The van der Waals surface area contributed by atoms with Crippen LogP contribution in [0, 0.1) is 5.41 Å². The number of tetrazole rings is 1. The van der Waals surface area contributed by atoms with Gasteiger partial charge in [0.1, 0.15) is 12.3 Å². The summed E-state index contributed by atoms with van der Waals surface area (Å²) in [4.78, 5) is 13.3. The topological polar surface area (TPSA) is 69.9 Å². The van der Waals surface area contributed by atoms with Crippen molar-refractivity contribution in [2.45, 2.75) is 27.3 Å². The molecule has 0 aliphatic rings. The molecule has 0 unspecified atom stereocenters. The van der Waals surface area contributed by atoms with Gasteiger partial charge in [0, 0.05) is 11.0 Å². The lowest BCUT2D eigenvalue weighted by atomic mass is 9.91. The Bertz CT molecular complexity index is 614. The highest BCUT2D eigenvalue weighted by Gasteiger charge is 2.22. The molecule has 0 aliphatic heterocycles. The molecule has 0 N–H and O–H groups in total. The fourth-order valence-corrected chi connectivity index (χ4v) is 1.55. The number of Topliss-reactive ketones (excluding diaryl/α,β-unsaturated/α-hetero) is 1. The van der Waals surface area contributed by atoms with Gasteiger partial charge < -0.3 is 4.74 Å². The zero-order chi connectivity index (χ0) is 14.8. The summed E-state index contributed by atoms with van der Waals surface area (Å²) in [6.07, 6.45) is 0. The molecule has 0 fully saturated rings. The van der Waals surface area contributed by atoms with Crippen LogP contribution in [0.25, 0.3) is 11.4 Å². The predicted octanol–water partition coefficient (Wildman–Crippen LogP) is 1.96. The van der Waals surface area contributed by atoms with Gasteiger partial charge in [0.05, 0.1) is 7.11 Å². The van der Waals surface area contributed by atoms with Gasteiger partial charge in [-0.05, 0) is 17.3 Å². The lowest BCUT2D eigenvalue weighted by molar-refractivity contribution is -0.127. The Morgan fingerprint density at radius 3 is 2.75 bits per heavy atom. The zero-order valence-corrected chi connectivity index (χ0v) is 12.1. The monoisotopic (exact) mass is 274 g/mol. The molecule has 0 bridgehead atoms. The Labute approximate surface area is 117 Å². The number of hydrogen-bond donors (Lipinski definition) is 0. The second kappa shape index (κ2) is 5.40. The number of benzene rings is 1. The lowest BCUT2D eigenvalue weighted by Crippen LogP contribution is -2.26. The van der Waals surface area contributed by atoms with Crippen LogP contribution < -0.4 is 4.74 Å². The second-order valence-electron chi connectivity index (χ2n) is 5.55. The maximum absolute atomic E-state index is 11.9. The standard InChI is InChI=1S/C14H18N4O2/c1-14(2,3)12(19)9-18-16-13(15-17-18)10-6-5-7-11(8-10)20-4/h5-8H,9H2,1-4H3. The molecular weight excluding hydrogens is 256 g/mol. The highest BCUT2D eigenvalue weighted by Crippen LogP contribution is 2.20. The largest absolute Gasteiger partial charge is 0.497 e. The van der Waals surface area contributed by atoms with Crippen LogP contribution in [0.1, 0.15) is 20.8 Å². The fourth-order valence-electron chi connectivity index (χ4n) is 1.55. The van der Waals surface area contributed by atoms with E-state index in [4.69, 9.17) is 4.74 Å². The average Bonchev–Trinajstić information content (AvgIpc) is 2.86. The molecule has 6 heteroatoms. The molecule has 0 aliphatic carbocycles. The van der Waals surface area contributed by atoms with Crippen molar-refractivity contribution in [3.63, 3.8) is 0 Å². The molecule has 6 nitrogen and oxygen atoms in total. The van der Waals surface area contributed by atoms with Crippen molar-refractivity contribution < 1.29 is 9.53 Å². The van der Waals surface area contributed by atoms with E-state index in [1.165, 1.54) is 4.80 Å². The first-order valence-electron chi connectivity index (χ1n) is 6.35. The number of ether oxygens (including phenoxy) is 1. The van der Waals surface area contributed by atoms with Crippen molar-refractivity contribution >= 4 is 5.78 Å². The van der Waals surface area contributed by atoms with E-state index in [0.717, 1.165) is 11.3 Å². The molecule has 0 saturated carbocycles. The highest BCUT2D eigenvalue weighted by molar-refractivity contribution is 5.83. The summed E-state index contributed by atoms with van der Waals surface area (Å²) >= 11 is 0. The molecule has 0 amide bonds. The Kier molecular flexibility index (Phi) is 3.83. The van der Waals surface area contributed by atoms with E-state index < -0.39 is 5.41 Å². The summed E-state index contributed by atoms with van der Waals surface area (Å²) in [5, 5.41) is 12.1. The minimum Gasteiger partial charge on any atom is -0.497 e. The van der Waals surface area contributed by atoms with E-state index in [2.05, 4.69) is 15.4 Å². The zero-order valence-electron chi connectivity index (χ0n) is 12.1. The second-order valence-corrected chi connectivity index (χ2v) is 5.55. The molecule has 2 rings (SSSR count). The SMILES string of the molecule is COc1cccc(-c2nnn(CC(=O)C(C)(C)C)n2)c1. The number of hydrogen-bond acceptors (Lipinski definition) is 5. The quantitative estimate of drug-likeness (QED) is 0.852. The maximum Gasteiger partial charge on any atom is 0.205 e. The number of carbonyl (C=O) groups excluding carboxylic acids is 1. The summed E-state index contributed by atoms with van der Waals surface area (Å²) in [6, 6.07) is 7.40. The molecule has 1 heterocycles. The molecule has 1 aromatic carbocycles. The van der Waals surface area contributed by atoms with Gasteiger partial charge in [0.25, 0.3) is 0 Å². The summed E-state index contributed by atoms with van der Waals surface area (Å²) in [5.41, 5.74) is 0.392. The van der Waals surface area contributed by atoms with Crippen LogP contribution in [0.2, 0.25) is 0 Å². The average molecular weight is 274 g/mol. The van der Waals surface area contributed by atoms with Crippen LogP contribution in [-0.4, -0.2) is 33.1 Å². The first kappa shape index (κ1) is 14.2. The predicted molar refractivity (Wildman–Crippen MR) is 74.3 cm³/mol. The van der Waals surface area contributed by atoms with Gasteiger partial charge in [0.15, 0.2) is 5.78 Å². The summed E-state index contributed by atoms with van der Waals surface area (Å²) in [7, 11) is 1.60. The van der Waals surface area contributed by atoms with Crippen molar-refractivity contribution in [1.82, 2.24) is 20.2 Å². The highest BCUT2D eigenvalue weighted by atomic mass is 16.5. The van der Waals surface area contributed by atoms with Crippen LogP contribution in [0.15, 0.2) is 24.3 Å². The molecule has 20 heavy (non-hydrogen) atoms. The van der Waals surface area contributed by atoms with Gasteiger partial charge in [0.2, 0.25) is 5.82 Å². The number of methoxy groups -OCH3 is 1. The summed E-state index contributed by atoms with van der Waals surface area (Å²) < 4.78 is 5.16. The van der Waals surface area contributed by atoms with Gasteiger partial charge in [-0.15, -0.1) is 10.2 Å². The first-order valence-corrected chi connectivity index (χ1v) is 6.35.